The summed E-state index contributed by atoms with van der Waals surface area (Å²) in [4.78, 5) is 68.4. The number of hydrogen-bond donors (Lipinski definition) is 1. The van der Waals surface area contributed by atoms with Crippen LogP contribution in [-0.2, 0) is 54.2 Å². The predicted molar refractivity (Wildman–Crippen MR) is 483 cm³/mol. The smallest absolute Gasteiger partial charge is 0.343 e. The number of carbonyl (C=O) groups is 5. The van der Waals surface area contributed by atoms with Gasteiger partial charge in [0.05, 0.1) is 97.8 Å². The van der Waals surface area contributed by atoms with Crippen molar-refractivity contribution in [2.75, 3.05) is 64.9 Å². The molecule has 1 aliphatic heterocycles. The molecule has 2 heterocycles. The highest BCUT2D eigenvalue weighted by Gasteiger charge is 2.37. The SMILES string of the molecule is C=CC(=O)OCCCCCCOc1ccc(C(=O)Oc2ccc(CCOC(=O)c3ccc(-c4ccc(CCCCC)cc4)cc3)cc2/C=N/Nc2nc3ccccc3s2)cc1.CCCc1ccc(C(=O)OCCc2ccc(OC(=O)c3ccc(OCCCCCCOCC4(CC)COC4)c(C)c3)c(/C=N/N=C3c4ccccc4-c4ccccc43)c2)cc1. The summed E-state index contributed by atoms with van der Waals surface area (Å²) in [6.07, 6.45) is 20.7. The van der Waals surface area contributed by atoms with Crippen LogP contribution < -0.4 is 24.4 Å². The van der Waals surface area contributed by atoms with Crippen molar-refractivity contribution >= 4 is 74.7 Å². The minimum Gasteiger partial charge on any atom is -0.494 e. The van der Waals surface area contributed by atoms with E-state index in [0.29, 0.717) is 88.4 Å². The fourth-order valence-electron chi connectivity index (χ4n) is 14.1. The van der Waals surface area contributed by atoms with Crippen LogP contribution in [-0.4, -0.2) is 112 Å². The summed E-state index contributed by atoms with van der Waals surface area (Å²) in [5, 5.41) is 14.3. The molecule has 0 saturated carbocycles. The molecule has 2 aliphatic rings. The molecule has 20 heteroatoms. The van der Waals surface area contributed by atoms with Crippen LogP contribution in [0, 0.1) is 12.3 Å². The number of unbranched alkanes of at least 4 members (excludes halogenated alkanes) is 8. The number of nitrogens with zero attached hydrogens (tertiary/aromatic N) is 4. The van der Waals surface area contributed by atoms with E-state index in [2.05, 4.69) is 89.5 Å². The van der Waals surface area contributed by atoms with E-state index in [1.54, 1.807) is 73.1 Å². The molecule has 0 spiro atoms. The van der Waals surface area contributed by atoms with E-state index in [4.69, 9.17) is 42.6 Å². The van der Waals surface area contributed by atoms with E-state index >= 15 is 0 Å². The molecule has 13 rings (SSSR count). The fourth-order valence-corrected chi connectivity index (χ4v) is 14.9. The number of esters is 5. The van der Waals surface area contributed by atoms with Crippen molar-refractivity contribution in [1.29, 1.82) is 0 Å². The van der Waals surface area contributed by atoms with Crippen LogP contribution in [0.25, 0.3) is 32.5 Å². The number of anilines is 1. The zero-order chi connectivity index (χ0) is 85.1. The number of benzene rings is 10. The Hall–Kier alpha value is -12.5. The van der Waals surface area contributed by atoms with Gasteiger partial charge in [-0.2, -0.15) is 10.2 Å². The second-order valence-electron chi connectivity index (χ2n) is 30.4. The van der Waals surface area contributed by atoms with Gasteiger partial charge in [0, 0.05) is 53.2 Å². The van der Waals surface area contributed by atoms with Crippen LogP contribution >= 0.6 is 11.3 Å². The highest BCUT2D eigenvalue weighted by atomic mass is 32.1. The van der Waals surface area contributed by atoms with E-state index in [9.17, 15) is 24.0 Å². The lowest BCUT2D eigenvalue weighted by molar-refractivity contribution is -0.150. The standard InChI is InChI=1S/C52H56N2O7.C50H51N3O7S/c1-4-14-38-19-22-40(23-20-38)50(55)60-30-27-39-21-25-48(42(32-39)33-53-54-49-45-17-10-8-15-43(45)44-16-9-11-18-46(44)49)61-51(56)41-24-26-47(37(3)31-41)59-29-13-7-6-12-28-57-34-52(5-2)35-58-36-52;1-3-5-8-13-36-16-19-38(20-17-36)39-21-23-40(24-22-39)48(55)59-33-30-37-18-29-45(42(34-37)35-51-53-50-52-44-14-9-10-15-46(44)61-50)60-49(56)41-25-27-43(28-26-41)57-31-11-6-7-12-32-58-47(54)4-2/h8-11,15-26,31-33H,4-7,12-14,27-30,34-36H2,1-3H3;4,9-10,14-29,34-35H,2-3,5-8,11-13,30-33H2,1H3,(H,52,53)/b53-33+;51-35+. The predicted octanol–water partition coefficient (Wildman–Crippen LogP) is 22.2. The first-order valence-corrected chi connectivity index (χ1v) is 43.2. The molecule has 1 saturated heterocycles. The summed E-state index contributed by atoms with van der Waals surface area (Å²) in [7, 11) is 0. The molecule has 10 aromatic carbocycles. The summed E-state index contributed by atoms with van der Waals surface area (Å²) in [5.74, 6) is -0.182. The average Bonchev–Trinajstić information content (AvgIpc) is 1.61. The van der Waals surface area contributed by atoms with E-state index in [0.717, 1.165) is 181 Å². The number of aryl methyl sites for hydroxylation is 3. The van der Waals surface area contributed by atoms with Gasteiger partial charge in [0.15, 0.2) is 0 Å². The van der Waals surface area contributed by atoms with E-state index in [-0.39, 0.29) is 24.6 Å². The third-order valence-electron chi connectivity index (χ3n) is 21.3. The third-order valence-corrected chi connectivity index (χ3v) is 22.2. The Balaban J connectivity index is 0.000000223. The maximum atomic E-state index is 13.6. The maximum absolute atomic E-state index is 13.6. The minimum absolute atomic E-state index is 0.154. The van der Waals surface area contributed by atoms with Crippen molar-refractivity contribution < 1.29 is 66.6 Å². The Labute approximate surface area is 719 Å². The lowest BCUT2D eigenvalue weighted by Gasteiger charge is -2.40. The van der Waals surface area contributed by atoms with E-state index < -0.39 is 23.9 Å². The molecule has 122 heavy (non-hydrogen) atoms. The van der Waals surface area contributed by atoms with Gasteiger partial charge in [-0.3, -0.25) is 5.43 Å². The van der Waals surface area contributed by atoms with Crippen molar-refractivity contribution in [3.63, 3.8) is 0 Å². The third kappa shape index (κ3) is 26.0. The maximum Gasteiger partial charge on any atom is 0.343 e. The fraction of sp³-hybridized carbons (Fsp3) is 0.304. The van der Waals surface area contributed by atoms with Crippen LogP contribution in [0.1, 0.15) is 196 Å². The highest BCUT2D eigenvalue weighted by Crippen LogP contribution is 2.38. The largest absolute Gasteiger partial charge is 0.494 e. The topological polar surface area (TPSA) is 230 Å². The quantitative estimate of drug-likeness (QED) is 0.00711. The molecule has 19 nitrogen and oxygen atoms in total. The molecule has 1 aromatic heterocycles. The van der Waals surface area contributed by atoms with Gasteiger partial charge in [0.25, 0.3) is 0 Å². The Morgan fingerprint density at radius 1 is 0.475 bits per heavy atom. The number of hydrazone groups is 1. The number of ether oxygens (including phenoxy) is 9. The zero-order valence-electron chi connectivity index (χ0n) is 70.1. The van der Waals surface area contributed by atoms with Crippen LogP contribution in [0.3, 0.4) is 0 Å². The van der Waals surface area contributed by atoms with Crippen molar-refractivity contribution in [2.45, 2.75) is 137 Å². The average molecular weight is 1660 g/mol. The van der Waals surface area contributed by atoms with Gasteiger partial charge in [-0.25, -0.2) is 29.0 Å². The number of hydrogen-bond acceptors (Lipinski definition) is 20. The monoisotopic (exact) mass is 1660 g/mol. The van der Waals surface area contributed by atoms with Crippen LogP contribution in [0.2, 0.25) is 0 Å². The number of rotatable bonds is 44. The highest BCUT2D eigenvalue weighted by molar-refractivity contribution is 7.22. The molecule has 630 valence electrons. The second-order valence-corrected chi connectivity index (χ2v) is 31.4. The molecule has 0 bridgehead atoms. The lowest BCUT2D eigenvalue weighted by Crippen LogP contribution is -2.45. The molecule has 0 radical (unpaired) electrons. The van der Waals surface area contributed by atoms with Crippen molar-refractivity contribution in [1.82, 2.24) is 4.98 Å². The first kappa shape index (κ1) is 88.8. The normalized spacial score (nSPS) is 12.3. The summed E-state index contributed by atoms with van der Waals surface area (Å²) in [6, 6.07) is 70.8. The number of nitrogens with one attached hydrogen (secondary N) is 1. The molecule has 11 aromatic rings. The van der Waals surface area contributed by atoms with Crippen molar-refractivity contribution in [3.8, 4) is 45.3 Å². The zero-order valence-corrected chi connectivity index (χ0v) is 70.9. The summed E-state index contributed by atoms with van der Waals surface area (Å²) in [6.45, 7) is 16.9. The molecular weight excluding hydrogens is 1550 g/mol. The molecule has 0 amide bonds. The molecule has 1 aliphatic carbocycles. The van der Waals surface area contributed by atoms with Crippen LogP contribution in [0.4, 0.5) is 5.13 Å². The van der Waals surface area contributed by atoms with Gasteiger partial charge in [-0.05, 0) is 231 Å². The number of aromatic nitrogens is 1. The minimum atomic E-state index is -0.537. The summed E-state index contributed by atoms with van der Waals surface area (Å²) in [5.41, 5.74) is 19.2. The van der Waals surface area contributed by atoms with Gasteiger partial charge in [0.1, 0.15) is 28.7 Å². The van der Waals surface area contributed by atoms with Crippen LogP contribution in [0.15, 0.2) is 252 Å². The Morgan fingerprint density at radius 3 is 1.58 bits per heavy atom. The van der Waals surface area contributed by atoms with Gasteiger partial charge < -0.3 is 42.6 Å². The first-order valence-electron chi connectivity index (χ1n) is 42.4. The molecular formula is C102H107N5O14S. The van der Waals surface area contributed by atoms with Gasteiger partial charge in [-0.1, -0.05) is 186 Å². The van der Waals surface area contributed by atoms with E-state index in [1.807, 2.05) is 134 Å². The molecule has 1 N–H and O–H groups in total. The van der Waals surface area contributed by atoms with Gasteiger partial charge in [-0.15, -0.1) is 5.10 Å². The molecule has 0 unspecified atom stereocenters. The first-order chi connectivity index (χ1) is 59.7. The molecule has 0 atom stereocenters. The Morgan fingerprint density at radius 2 is 0.992 bits per heavy atom. The summed E-state index contributed by atoms with van der Waals surface area (Å²) < 4.78 is 52.5. The Kier molecular flexibility index (Phi) is 33.7. The molecule has 1 fully saturated rings. The summed E-state index contributed by atoms with van der Waals surface area (Å²) >= 11 is 1.48. The van der Waals surface area contributed by atoms with Crippen molar-refractivity contribution in [3.05, 3.63) is 309 Å². The van der Waals surface area contributed by atoms with Gasteiger partial charge >= 0.3 is 29.8 Å². The number of carbonyl (C=O) groups excluding carboxylic acids is 5. The number of fused-ring (bicyclic) bond motifs is 4. The van der Waals surface area contributed by atoms with Crippen molar-refractivity contribution in [2.24, 2.45) is 20.7 Å². The second kappa shape index (κ2) is 46.3. The van der Waals surface area contributed by atoms with E-state index in [1.165, 1.54) is 41.7 Å². The number of thiazole rings is 1. The lowest BCUT2D eigenvalue weighted by atomic mass is 9.84. The number of para-hydroxylation sites is 1. The van der Waals surface area contributed by atoms with Gasteiger partial charge in [0.2, 0.25) is 5.13 Å². The van der Waals surface area contributed by atoms with Crippen LogP contribution in [0.5, 0.6) is 23.0 Å². The Bertz CT molecular complexity index is 5320.